The van der Waals surface area contributed by atoms with Crippen molar-refractivity contribution in [2.45, 2.75) is 5.75 Å². The second-order valence-corrected chi connectivity index (χ2v) is 7.58. The molecule has 0 saturated carbocycles. The maximum atomic E-state index is 12.7. The third-order valence-electron chi connectivity index (χ3n) is 4.10. The molecule has 0 saturated heterocycles. The van der Waals surface area contributed by atoms with Gasteiger partial charge in [-0.3, -0.25) is 4.79 Å². The lowest BCUT2D eigenvalue weighted by molar-refractivity contribution is 0.553. The quantitative estimate of drug-likeness (QED) is 0.541. The van der Waals surface area contributed by atoms with Crippen LogP contribution in [-0.2, 0) is 20.6 Å². The van der Waals surface area contributed by atoms with E-state index in [1.54, 1.807) is 49.1 Å². The van der Waals surface area contributed by atoms with Crippen molar-refractivity contribution in [3.05, 3.63) is 66.5 Å². The number of sulfonamides is 1. The van der Waals surface area contributed by atoms with E-state index in [9.17, 15) is 13.2 Å². The van der Waals surface area contributed by atoms with E-state index in [-0.39, 0.29) is 11.4 Å². The predicted octanol–water partition coefficient (Wildman–Crippen LogP) is 3.05. The monoisotopic (exact) mass is 352 g/mol. The molecule has 4 rings (SSSR count). The van der Waals surface area contributed by atoms with Crippen LogP contribution in [0.25, 0.3) is 21.8 Å². The molecule has 2 aromatic carbocycles. The Morgan fingerprint density at radius 1 is 0.880 bits per heavy atom. The number of nitrogens with zero attached hydrogens (tertiary/aromatic N) is 1. The van der Waals surface area contributed by atoms with E-state index in [0.717, 1.165) is 21.8 Å². The number of hydrogen-bond donors (Lipinski definition) is 2. The van der Waals surface area contributed by atoms with Crippen LogP contribution >= 0.6 is 0 Å². The van der Waals surface area contributed by atoms with Crippen molar-refractivity contribution in [3.63, 3.8) is 0 Å². The summed E-state index contributed by atoms with van der Waals surface area (Å²) in [6.07, 6.45) is 5.09. The lowest BCUT2D eigenvalue weighted by Crippen LogP contribution is -2.30. The highest BCUT2D eigenvalue weighted by Crippen LogP contribution is 2.24. The van der Waals surface area contributed by atoms with Crippen molar-refractivity contribution in [2.75, 3.05) is 4.31 Å². The van der Waals surface area contributed by atoms with Crippen LogP contribution in [0.5, 0.6) is 0 Å². The summed E-state index contributed by atoms with van der Waals surface area (Å²) in [5.41, 5.74) is 2.45. The minimum absolute atomic E-state index is 0.255. The van der Waals surface area contributed by atoms with Gasteiger partial charge in [-0.15, -0.1) is 0 Å². The first kappa shape index (κ1) is 15.5. The van der Waals surface area contributed by atoms with Gasteiger partial charge < -0.3 is 9.97 Å². The predicted molar refractivity (Wildman–Crippen MR) is 97.4 cm³/mol. The van der Waals surface area contributed by atoms with Crippen molar-refractivity contribution in [2.24, 2.45) is 0 Å². The van der Waals surface area contributed by atoms with E-state index in [4.69, 9.17) is 0 Å². The van der Waals surface area contributed by atoms with Gasteiger partial charge in [-0.05, 0) is 46.7 Å². The summed E-state index contributed by atoms with van der Waals surface area (Å²) in [7, 11) is -3.90. The van der Waals surface area contributed by atoms with E-state index in [1.165, 1.54) is 0 Å². The average molecular weight is 352 g/mol. The molecule has 4 aromatic rings. The number of H-pyrrole nitrogens is 2. The summed E-state index contributed by atoms with van der Waals surface area (Å²) in [6, 6.07) is 14.1. The summed E-state index contributed by atoms with van der Waals surface area (Å²) >= 11 is 0. The van der Waals surface area contributed by atoms with Crippen LogP contribution in [0.15, 0.2) is 60.9 Å². The maximum Gasteiger partial charge on any atom is 0.331 e. The molecule has 25 heavy (non-hydrogen) atoms. The fourth-order valence-corrected chi connectivity index (χ4v) is 4.17. The fourth-order valence-electron chi connectivity index (χ4n) is 2.89. The third-order valence-corrected chi connectivity index (χ3v) is 5.64. The fraction of sp³-hybridized carbons (Fsp3) is 0.0556. The Balaban J connectivity index is 1.69. The number of rotatable bonds is 5. The first-order valence-corrected chi connectivity index (χ1v) is 9.22. The van der Waals surface area contributed by atoms with E-state index >= 15 is 0 Å². The van der Waals surface area contributed by atoms with Gasteiger partial charge in [0.2, 0.25) is 10.0 Å². The summed E-state index contributed by atoms with van der Waals surface area (Å²) in [6.45, 7) is 0. The molecule has 1 radical (unpaired) electrons. The van der Waals surface area contributed by atoms with Crippen LogP contribution in [0.4, 0.5) is 5.69 Å². The molecule has 2 aromatic heterocycles. The topological polar surface area (TPSA) is 86.0 Å². The van der Waals surface area contributed by atoms with Gasteiger partial charge in [-0.2, -0.15) is 4.31 Å². The highest BCUT2D eigenvalue weighted by Gasteiger charge is 2.24. The minimum Gasteiger partial charge on any atom is -0.361 e. The van der Waals surface area contributed by atoms with E-state index in [0.29, 0.717) is 9.87 Å². The van der Waals surface area contributed by atoms with Crippen LogP contribution in [0.1, 0.15) is 5.56 Å². The second-order valence-electron chi connectivity index (χ2n) is 5.76. The lowest BCUT2D eigenvalue weighted by atomic mass is 10.2. The molecule has 0 aliphatic rings. The molecule has 6 nitrogen and oxygen atoms in total. The number of carbonyl (C=O) groups excluding carboxylic acids is 1. The second kappa shape index (κ2) is 5.78. The first-order chi connectivity index (χ1) is 12.1. The molecule has 7 heteroatoms. The van der Waals surface area contributed by atoms with Gasteiger partial charge in [0.05, 0.1) is 11.4 Å². The van der Waals surface area contributed by atoms with Gasteiger partial charge in [0.15, 0.2) is 0 Å². The lowest BCUT2D eigenvalue weighted by Gasteiger charge is -2.17. The van der Waals surface area contributed by atoms with Crippen LogP contribution in [-0.4, -0.2) is 24.8 Å². The smallest absolute Gasteiger partial charge is 0.331 e. The third kappa shape index (κ3) is 2.78. The van der Waals surface area contributed by atoms with Crippen molar-refractivity contribution in [1.82, 2.24) is 9.97 Å². The molecule has 0 bridgehead atoms. The number of aromatic nitrogens is 2. The molecular weight excluding hydrogens is 338 g/mol. The van der Waals surface area contributed by atoms with Crippen molar-refractivity contribution < 1.29 is 13.2 Å². The molecule has 1 amide bonds. The van der Waals surface area contributed by atoms with Crippen molar-refractivity contribution >= 4 is 43.9 Å². The van der Waals surface area contributed by atoms with Gasteiger partial charge >= 0.3 is 6.41 Å². The summed E-state index contributed by atoms with van der Waals surface area (Å²) in [4.78, 5) is 17.4. The van der Waals surface area contributed by atoms with Crippen LogP contribution < -0.4 is 4.31 Å². The highest BCUT2D eigenvalue weighted by molar-refractivity contribution is 7.92. The maximum absolute atomic E-state index is 12.7. The Morgan fingerprint density at radius 2 is 1.52 bits per heavy atom. The molecule has 0 atom stereocenters. The number of nitrogens with one attached hydrogen (secondary N) is 2. The Labute approximate surface area is 144 Å². The van der Waals surface area contributed by atoms with Gasteiger partial charge in [0, 0.05) is 23.4 Å². The molecule has 0 fully saturated rings. The van der Waals surface area contributed by atoms with E-state index < -0.39 is 10.0 Å². The number of amides is 1. The summed E-state index contributed by atoms with van der Waals surface area (Å²) < 4.78 is 26.1. The van der Waals surface area contributed by atoms with Crippen molar-refractivity contribution in [1.29, 1.82) is 0 Å². The number of hydrogen-bond acceptors (Lipinski definition) is 3. The van der Waals surface area contributed by atoms with Gasteiger partial charge in [-0.25, -0.2) is 8.42 Å². The van der Waals surface area contributed by atoms with Gasteiger partial charge in [0.25, 0.3) is 0 Å². The SMILES string of the molecule is O=[C]N(c1ccc2cc[nH]c2c1)S(=O)(=O)Cc1ccc2cc[nH]c2c1. The normalized spacial score (nSPS) is 11.8. The highest BCUT2D eigenvalue weighted by atomic mass is 32.2. The van der Waals surface area contributed by atoms with Crippen LogP contribution in [0.3, 0.4) is 0 Å². The zero-order chi connectivity index (χ0) is 17.4. The zero-order valence-electron chi connectivity index (χ0n) is 13.1. The van der Waals surface area contributed by atoms with Crippen molar-refractivity contribution in [3.8, 4) is 0 Å². The molecular formula is C18H14N3O3S. The largest absolute Gasteiger partial charge is 0.361 e. The Kier molecular flexibility index (Phi) is 3.58. The Bertz CT molecular complexity index is 1170. The Morgan fingerprint density at radius 3 is 2.20 bits per heavy atom. The number of aromatic amines is 2. The van der Waals surface area contributed by atoms with E-state index in [2.05, 4.69) is 9.97 Å². The molecule has 0 unspecified atom stereocenters. The summed E-state index contributed by atoms with van der Waals surface area (Å²) in [5, 5.41) is 1.93. The first-order valence-electron chi connectivity index (χ1n) is 7.61. The van der Waals surface area contributed by atoms with Crippen LogP contribution in [0, 0.1) is 0 Å². The molecule has 0 spiro atoms. The van der Waals surface area contributed by atoms with Crippen LogP contribution in [0.2, 0.25) is 0 Å². The molecule has 0 aliphatic carbocycles. The minimum atomic E-state index is -3.90. The van der Waals surface area contributed by atoms with Gasteiger partial charge in [0.1, 0.15) is 0 Å². The summed E-state index contributed by atoms with van der Waals surface area (Å²) in [5.74, 6) is -0.292. The number of fused-ring (bicyclic) bond motifs is 2. The molecule has 125 valence electrons. The van der Waals surface area contributed by atoms with Gasteiger partial charge in [-0.1, -0.05) is 18.2 Å². The van der Waals surface area contributed by atoms with E-state index in [1.807, 2.05) is 18.2 Å². The number of benzene rings is 2. The molecule has 0 aliphatic heterocycles. The zero-order valence-corrected chi connectivity index (χ0v) is 13.9. The molecule has 2 heterocycles. The average Bonchev–Trinajstić information content (AvgIpc) is 3.22. The standard InChI is InChI=1S/C18H14N3O3S/c22-12-21(16-4-3-15-6-8-20-18(15)10-16)25(23,24)11-13-1-2-14-5-7-19-17(14)9-13/h1-10,19-20H,11H2. The Hall–Kier alpha value is -3.06. The number of anilines is 1. The molecule has 2 N–H and O–H groups in total.